The van der Waals surface area contributed by atoms with E-state index in [1.165, 1.54) is 6.33 Å². The molecule has 20 heavy (non-hydrogen) atoms. The van der Waals surface area contributed by atoms with E-state index in [1.807, 2.05) is 0 Å². The van der Waals surface area contributed by atoms with Gasteiger partial charge in [0.25, 0.3) is 0 Å². The lowest BCUT2D eigenvalue weighted by Crippen LogP contribution is -2.51. The molecule has 0 aromatic carbocycles. The molecule has 0 unspecified atom stereocenters. The molecule has 0 amide bonds. The molecule has 4 atom stereocenters. The highest BCUT2D eigenvalue weighted by atomic mass is 16.5. The predicted octanol–water partition coefficient (Wildman–Crippen LogP) is -1.18. The number of rotatable bonds is 2. The average molecular weight is 279 g/mol. The van der Waals surface area contributed by atoms with Crippen molar-refractivity contribution in [3.8, 4) is 0 Å². The molecular weight excluding hydrogens is 262 g/mol. The van der Waals surface area contributed by atoms with Crippen LogP contribution in [0.4, 0.5) is 5.82 Å². The quantitative estimate of drug-likeness (QED) is 0.544. The molecule has 2 aromatic rings. The third-order valence-corrected chi connectivity index (χ3v) is 3.82. The van der Waals surface area contributed by atoms with Crippen molar-refractivity contribution in [2.75, 3.05) is 12.3 Å². The Hall–Kier alpha value is -1.74. The molecule has 108 valence electrons. The van der Waals surface area contributed by atoms with Crippen molar-refractivity contribution >= 4 is 11.3 Å². The summed E-state index contributed by atoms with van der Waals surface area (Å²) in [6.07, 6.45) is -0.956. The van der Waals surface area contributed by atoms with Gasteiger partial charge in [-0.2, -0.15) is 5.10 Å². The second-order valence-corrected chi connectivity index (χ2v) is 5.25. The van der Waals surface area contributed by atoms with E-state index in [4.69, 9.17) is 16.2 Å². The Kier molecular flexibility index (Phi) is 2.91. The molecule has 8 heteroatoms. The smallest absolute Gasteiger partial charge is 0.151 e. The summed E-state index contributed by atoms with van der Waals surface area (Å²) in [6.45, 7) is 1.38. The second-order valence-electron chi connectivity index (χ2n) is 5.25. The summed E-state index contributed by atoms with van der Waals surface area (Å²) in [6, 6.07) is 3.55. The number of ether oxygens (including phenoxy) is 1. The number of hydrogen-bond acceptors (Lipinski definition) is 7. The molecule has 0 radical (unpaired) electrons. The fourth-order valence-corrected chi connectivity index (χ4v) is 2.65. The van der Waals surface area contributed by atoms with Crippen LogP contribution in [0.5, 0.6) is 0 Å². The lowest BCUT2D eigenvalue weighted by atomic mass is 9.88. The van der Waals surface area contributed by atoms with Crippen LogP contribution in [0.15, 0.2) is 18.5 Å². The van der Waals surface area contributed by atoms with Crippen LogP contribution in [0.3, 0.4) is 0 Å². The van der Waals surface area contributed by atoms with Crippen LogP contribution in [0.25, 0.3) is 5.52 Å². The highest BCUT2D eigenvalue weighted by molar-refractivity contribution is 5.65. The van der Waals surface area contributed by atoms with Crippen LogP contribution in [-0.4, -0.2) is 49.2 Å². The van der Waals surface area contributed by atoms with Gasteiger partial charge in [-0.1, -0.05) is 0 Å². The first-order chi connectivity index (χ1) is 9.46. The average Bonchev–Trinajstić information content (AvgIpc) is 2.92. The molecule has 0 aliphatic carbocycles. The predicted molar refractivity (Wildman–Crippen MR) is 70.7 cm³/mol. The summed E-state index contributed by atoms with van der Waals surface area (Å²) in [4.78, 5) is 3.91. The fraction of sp³-hybridized carbons (Fsp3) is 0.500. The van der Waals surface area contributed by atoms with Crippen LogP contribution >= 0.6 is 0 Å². The summed E-state index contributed by atoms with van der Waals surface area (Å²) in [5.74, 6) is 0.349. The maximum atomic E-state index is 10.1. The lowest BCUT2D eigenvalue weighted by molar-refractivity contribution is -0.0240. The number of aliphatic hydroxyl groups excluding tert-OH is 2. The number of hydrogen-bond donors (Lipinski definition) is 4. The molecule has 3 heterocycles. The molecule has 1 aliphatic heterocycles. The van der Waals surface area contributed by atoms with Crippen molar-refractivity contribution in [2.24, 2.45) is 5.73 Å². The molecule has 8 nitrogen and oxygen atoms in total. The maximum absolute atomic E-state index is 10.1. The van der Waals surface area contributed by atoms with Gasteiger partial charge in [0.1, 0.15) is 30.2 Å². The molecule has 2 aromatic heterocycles. The SMILES string of the molecule is C[C@@]1(N)[C@H](O)[C@@H](CO)O[C@H]1c1ccc2c(N)ncnn12. The molecule has 0 bridgehead atoms. The Morgan fingerprint density at radius 3 is 2.90 bits per heavy atom. The Labute approximate surface area is 115 Å². The Morgan fingerprint density at radius 2 is 2.25 bits per heavy atom. The van der Waals surface area contributed by atoms with E-state index in [1.54, 1.807) is 23.6 Å². The Balaban J connectivity index is 2.10. The number of nitrogen functional groups attached to an aromatic ring is 1. The van der Waals surface area contributed by atoms with E-state index >= 15 is 0 Å². The van der Waals surface area contributed by atoms with Gasteiger partial charge in [0.2, 0.25) is 0 Å². The largest absolute Gasteiger partial charge is 0.394 e. The van der Waals surface area contributed by atoms with E-state index in [-0.39, 0.29) is 6.61 Å². The Morgan fingerprint density at radius 1 is 1.50 bits per heavy atom. The van der Waals surface area contributed by atoms with Crippen molar-refractivity contribution in [1.82, 2.24) is 14.6 Å². The summed E-state index contributed by atoms with van der Waals surface area (Å²) in [7, 11) is 0. The zero-order chi connectivity index (χ0) is 14.5. The van der Waals surface area contributed by atoms with Crippen LogP contribution in [0.1, 0.15) is 18.7 Å². The van der Waals surface area contributed by atoms with E-state index in [0.717, 1.165) is 0 Å². The monoisotopic (exact) mass is 279 g/mol. The third-order valence-electron chi connectivity index (χ3n) is 3.82. The number of nitrogens with two attached hydrogens (primary N) is 2. The number of anilines is 1. The van der Waals surface area contributed by atoms with Crippen molar-refractivity contribution in [1.29, 1.82) is 0 Å². The first kappa shape index (κ1) is 13.3. The van der Waals surface area contributed by atoms with Gasteiger partial charge < -0.3 is 26.4 Å². The highest BCUT2D eigenvalue weighted by Crippen LogP contribution is 2.40. The molecule has 1 aliphatic rings. The van der Waals surface area contributed by atoms with E-state index < -0.39 is 23.9 Å². The standard InChI is InChI=1S/C12H17N5O3/c1-12(14)9(19)8(4-18)20-10(12)6-2-3-7-11(13)15-5-16-17(6)7/h2-3,5,8-10,18-19H,4,14H2,1H3,(H2,13,15,16)/t8-,9-,10+,12-/m1/s1. The lowest BCUT2D eigenvalue weighted by Gasteiger charge is -2.27. The number of fused-ring (bicyclic) bond motifs is 1. The Bertz CT molecular complexity index is 641. The minimum absolute atomic E-state index is 0.301. The molecule has 3 rings (SSSR count). The maximum Gasteiger partial charge on any atom is 0.151 e. The van der Waals surface area contributed by atoms with Crippen LogP contribution < -0.4 is 11.5 Å². The highest BCUT2D eigenvalue weighted by Gasteiger charge is 2.51. The zero-order valence-electron chi connectivity index (χ0n) is 11.0. The van der Waals surface area contributed by atoms with E-state index in [2.05, 4.69) is 10.1 Å². The number of nitrogens with zero attached hydrogens (tertiary/aromatic N) is 3. The van der Waals surface area contributed by atoms with Gasteiger partial charge in [0.15, 0.2) is 5.82 Å². The first-order valence-corrected chi connectivity index (χ1v) is 6.28. The second kappa shape index (κ2) is 4.38. The third kappa shape index (κ3) is 1.70. The number of aliphatic hydroxyl groups is 2. The van der Waals surface area contributed by atoms with Crippen molar-refractivity contribution in [3.05, 3.63) is 24.2 Å². The molecular formula is C12H17N5O3. The summed E-state index contributed by atoms with van der Waals surface area (Å²) < 4.78 is 7.27. The van der Waals surface area contributed by atoms with Gasteiger partial charge in [-0.3, -0.25) is 0 Å². The summed E-state index contributed by atoms with van der Waals surface area (Å²) in [5, 5.41) is 23.5. The molecule has 0 spiro atoms. The van der Waals surface area contributed by atoms with Gasteiger partial charge in [-0.05, 0) is 19.1 Å². The van der Waals surface area contributed by atoms with Crippen LogP contribution in [0, 0.1) is 0 Å². The fourth-order valence-electron chi connectivity index (χ4n) is 2.65. The summed E-state index contributed by atoms with van der Waals surface area (Å²) in [5.41, 5.74) is 12.2. The molecule has 6 N–H and O–H groups in total. The van der Waals surface area contributed by atoms with E-state index in [9.17, 15) is 10.2 Å². The normalized spacial score (nSPS) is 33.9. The van der Waals surface area contributed by atoms with Crippen LogP contribution in [-0.2, 0) is 4.74 Å². The van der Waals surface area contributed by atoms with Gasteiger partial charge in [-0.15, -0.1) is 0 Å². The van der Waals surface area contributed by atoms with Crippen molar-refractivity contribution in [3.63, 3.8) is 0 Å². The number of aromatic nitrogens is 3. The molecule has 1 fully saturated rings. The molecule has 1 saturated heterocycles. The van der Waals surface area contributed by atoms with Crippen molar-refractivity contribution in [2.45, 2.75) is 30.8 Å². The molecule has 0 saturated carbocycles. The van der Waals surface area contributed by atoms with Gasteiger partial charge >= 0.3 is 0 Å². The first-order valence-electron chi connectivity index (χ1n) is 6.28. The van der Waals surface area contributed by atoms with Gasteiger partial charge in [-0.25, -0.2) is 9.50 Å². The topological polar surface area (TPSA) is 132 Å². The minimum Gasteiger partial charge on any atom is -0.394 e. The minimum atomic E-state index is -1.04. The van der Waals surface area contributed by atoms with Crippen LogP contribution in [0.2, 0.25) is 0 Å². The summed E-state index contributed by atoms with van der Waals surface area (Å²) >= 11 is 0. The van der Waals surface area contributed by atoms with E-state index in [0.29, 0.717) is 17.0 Å². The van der Waals surface area contributed by atoms with Gasteiger partial charge in [0, 0.05) is 0 Å². The zero-order valence-corrected chi connectivity index (χ0v) is 11.0. The van der Waals surface area contributed by atoms with Crippen molar-refractivity contribution < 1.29 is 14.9 Å². The van der Waals surface area contributed by atoms with Gasteiger partial charge in [0.05, 0.1) is 17.8 Å².